The lowest BCUT2D eigenvalue weighted by molar-refractivity contribution is 0.337. The second kappa shape index (κ2) is 6.48. The van der Waals surface area contributed by atoms with Crippen molar-refractivity contribution >= 4 is 21.6 Å². The van der Waals surface area contributed by atoms with E-state index in [4.69, 9.17) is 4.74 Å². The smallest absolute Gasteiger partial charge is 0.124 e. The first-order chi connectivity index (χ1) is 9.19. The fraction of sp³-hybridized carbons (Fsp3) is 0.200. The molecule has 0 bridgehead atoms. The lowest BCUT2D eigenvalue weighted by Crippen LogP contribution is -2.03. The van der Waals surface area contributed by atoms with Gasteiger partial charge in [-0.1, -0.05) is 15.9 Å². The van der Waals surface area contributed by atoms with Crippen LogP contribution in [0.3, 0.4) is 0 Å². The number of rotatable bonds is 5. The summed E-state index contributed by atoms with van der Waals surface area (Å²) in [6, 6.07) is 13.0. The van der Waals surface area contributed by atoms with Crippen LogP contribution < -0.4 is 10.1 Å². The third-order valence-electron chi connectivity index (χ3n) is 2.67. The van der Waals surface area contributed by atoms with Crippen molar-refractivity contribution in [1.29, 1.82) is 0 Å². The Labute approximate surface area is 121 Å². The summed E-state index contributed by atoms with van der Waals surface area (Å²) >= 11 is 3.47. The van der Waals surface area contributed by atoms with Gasteiger partial charge in [0, 0.05) is 22.3 Å². The lowest BCUT2D eigenvalue weighted by atomic mass is 10.2. The van der Waals surface area contributed by atoms with Crippen LogP contribution in [0.1, 0.15) is 12.5 Å². The van der Waals surface area contributed by atoms with Gasteiger partial charge < -0.3 is 15.2 Å². The van der Waals surface area contributed by atoms with Crippen molar-refractivity contribution in [3.8, 4) is 11.5 Å². The van der Waals surface area contributed by atoms with Gasteiger partial charge in [0.05, 0.1) is 6.61 Å². The summed E-state index contributed by atoms with van der Waals surface area (Å²) in [5, 5.41) is 12.5. The van der Waals surface area contributed by atoms with E-state index in [1.165, 1.54) is 0 Å². The number of benzene rings is 2. The number of phenolic OH excluding ortho intramolecular Hbond substituents is 1. The molecule has 0 aromatic heterocycles. The van der Waals surface area contributed by atoms with Gasteiger partial charge in [-0.15, -0.1) is 0 Å². The molecule has 0 amide bonds. The van der Waals surface area contributed by atoms with E-state index in [1.54, 1.807) is 12.1 Å². The first-order valence-electron chi connectivity index (χ1n) is 6.13. The number of ether oxygens (including phenoxy) is 1. The molecule has 0 aliphatic rings. The molecule has 2 rings (SSSR count). The molecule has 0 heterocycles. The van der Waals surface area contributed by atoms with Crippen LogP contribution in [-0.4, -0.2) is 11.7 Å². The fourth-order valence-electron chi connectivity index (χ4n) is 1.76. The van der Waals surface area contributed by atoms with Gasteiger partial charge in [-0.25, -0.2) is 0 Å². The van der Waals surface area contributed by atoms with E-state index in [2.05, 4.69) is 21.2 Å². The second-order valence-electron chi connectivity index (χ2n) is 4.09. The number of nitrogens with one attached hydrogen (secondary N) is 1. The number of aromatic hydroxyl groups is 1. The molecule has 0 fully saturated rings. The van der Waals surface area contributed by atoms with E-state index < -0.39 is 0 Å². The monoisotopic (exact) mass is 321 g/mol. The van der Waals surface area contributed by atoms with E-state index in [-0.39, 0.29) is 5.75 Å². The minimum absolute atomic E-state index is 0.267. The fourth-order valence-corrected chi connectivity index (χ4v) is 2.17. The lowest BCUT2D eigenvalue weighted by Gasteiger charge is -2.12. The Kier molecular flexibility index (Phi) is 4.68. The Hall–Kier alpha value is -1.68. The normalized spacial score (nSPS) is 10.2. The number of hydrogen-bond donors (Lipinski definition) is 2. The van der Waals surface area contributed by atoms with Gasteiger partial charge in [0.2, 0.25) is 0 Å². The number of hydrogen-bond acceptors (Lipinski definition) is 3. The molecule has 0 aliphatic carbocycles. The third-order valence-corrected chi connectivity index (χ3v) is 3.17. The number of phenols is 1. The topological polar surface area (TPSA) is 41.5 Å². The van der Waals surface area contributed by atoms with Crippen LogP contribution in [0.5, 0.6) is 11.5 Å². The maximum atomic E-state index is 9.24. The van der Waals surface area contributed by atoms with Gasteiger partial charge in [-0.3, -0.25) is 0 Å². The van der Waals surface area contributed by atoms with Crippen molar-refractivity contribution in [3.05, 3.63) is 52.5 Å². The largest absolute Gasteiger partial charge is 0.508 e. The summed E-state index contributed by atoms with van der Waals surface area (Å²) in [6.45, 7) is 3.28. The van der Waals surface area contributed by atoms with Gasteiger partial charge in [0.25, 0.3) is 0 Å². The SMILES string of the molecule is CCOc1ccc(Br)cc1CNc1ccc(O)cc1. The first kappa shape index (κ1) is 13.7. The summed E-state index contributed by atoms with van der Waals surface area (Å²) in [7, 11) is 0. The van der Waals surface area contributed by atoms with E-state index in [9.17, 15) is 5.11 Å². The molecule has 0 saturated carbocycles. The quantitative estimate of drug-likeness (QED) is 0.812. The Bertz CT molecular complexity index is 540. The third kappa shape index (κ3) is 3.89. The maximum absolute atomic E-state index is 9.24. The molecule has 0 unspecified atom stereocenters. The van der Waals surface area contributed by atoms with Crippen LogP contribution in [-0.2, 0) is 6.54 Å². The van der Waals surface area contributed by atoms with Crippen LogP contribution >= 0.6 is 15.9 Å². The molecule has 2 aromatic carbocycles. The van der Waals surface area contributed by atoms with Crippen LogP contribution in [0.25, 0.3) is 0 Å². The van der Waals surface area contributed by atoms with Crippen LogP contribution in [0.2, 0.25) is 0 Å². The zero-order valence-corrected chi connectivity index (χ0v) is 12.3. The highest BCUT2D eigenvalue weighted by Gasteiger charge is 2.04. The molecule has 100 valence electrons. The van der Waals surface area contributed by atoms with Gasteiger partial charge >= 0.3 is 0 Å². The van der Waals surface area contributed by atoms with Gasteiger partial charge in [0.1, 0.15) is 11.5 Å². The molecular formula is C15H16BrNO2. The molecule has 2 aromatic rings. The van der Waals surface area contributed by atoms with Crippen molar-refractivity contribution in [3.63, 3.8) is 0 Å². The molecule has 0 radical (unpaired) electrons. The first-order valence-corrected chi connectivity index (χ1v) is 6.92. The predicted octanol–water partition coefficient (Wildman–Crippen LogP) is 4.17. The zero-order chi connectivity index (χ0) is 13.7. The Morgan fingerprint density at radius 1 is 1.16 bits per heavy atom. The van der Waals surface area contributed by atoms with Crippen molar-refractivity contribution < 1.29 is 9.84 Å². The van der Waals surface area contributed by atoms with E-state index in [0.29, 0.717) is 13.2 Å². The second-order valence-corrected chi connectivity index (χ2v) is 5.00. The summed E-state index contributed by atoms with van der Waals surface area (Å²) in [6.07, 6.45) is 0. The predicted molar refractivity (Wildman–Crippen MR) is 80.7 cm³/mol. The van der Waals surface area contributed by atoms with Crippen LogP contribution in [0.4, 0.5) is 5.69 Å². The number of halogens is 1. The molecule has 0 saturated heterocycles. The average Bonchev–Trinajstić information content (AvgIpc) is 2.41. The highest BCUT2D eigenvalue weighted by atomic mass is 79.9. The summed E-state index contributed by atoms with van der Waals surface area (Å²) in [5.41, 5.74) is 2.05. The molecule has 0 spiro atoms. The Morgan fingerprint density at radius 2 is 1.89 bits per heavy atom. The van der Waals surface area contributed by atoms with Gasteiger partial charge in [-0.05, 0) is 49.4 Å². The highest BCUT2D eigenvalue weighted by molar-refractivity contribution is 9.10. The van der Waals surface area contributed by atoms with Crippen molar-refractivity contribution in [1.82, 2.24) is 0 Å². The number of anilines is 1. The summed E-state index contributed by atoms with van der Waals surface area (Å²) in [4.78, 5) is 0. The standard InChI is InChI=1S/C15H16BrNO2/c1-2-19-15-8-3-12(16)9-11(15)10-17-13-4-6-14(18)7-5-13/h3-9,17-18H,2,10H2,1H3. The van der Waals surface area contributed by atoms with E-state index in [1.807, 2.05) is 37.3 Å². The summed E-state index contributed by atoms with van der Waals surface area (Å²) < 4.78 is 6.63. The zero-order valence-electron chi connectivity index (χ0n) is 10.7. The molecule has 3 nitrogen and oxygen atoms in total. The maximum Gasteiger partial charge on any atom is 0.124 e. The highest BCUT2D eigenvalue weighted by Crippen LogP contribution is 2.24. The molecule has 2 N–H and O–H groups in total. The molecule has 0 atom stereocenters. The van der Waals surface area contributed by atoms with Crippen molar-refractivity contribution in [2.75, 3.05) is 11.9 Å². The van der Waals surface area contributed by atoms with Gasteiger partial charge in [-0.2, -0.15) is 0 Å². The molecule has 19 heavy (non-hydrogen) atoms. The van der Waals surface area contributed by atoms with Crippen LogP contribution in [0, 0.1) is 0 Å². The Morgan fingerprint density at radius 3 is 2.58 bits per heavy atom. The van der Waals surface area contributed by atoms with E-state index in [0.717, 1.165) is 21.5 Å². The molecule has 0 aliphatic heterocycles. The van der Waals surface area contributed by atoms with E-state index >= 15 is 0 Å². The minimum atomic E-state index is 0.267. The average molecular weight is 322 g/mol. The van der Waals surface area contributed by atoms with Crippen molar-refractivity contribution in [2.45, 2.75) is 13.5 Å². The van der Waals surface area contributed by atoms with Crippen LogP contribution in [0.15, 0.2) is 46.9 Å². The molecular weight excluding hydrogens is 306 g/mol. The van der Waals surface area contributed by atoms with Gasteiger partial charge in [0.15, 0.2) is 0 Å². The molecule has 4 heteroatoms. The summed E-state index contributed by atoms with van der Waals surface area (Å²) in [5.74, 6) is 1.15. The van der Waals surface area contributed by atoms with Crippen molar-refractivity contribution in [2.24, 2.45) is 0 Å². The Balaban J connectivity index is 2.09. The minimum Gasteiger partial charge on any atom is -0.508 e.